The molecule has 1 aliphatic rings. The highest BCUT2D eigenvalue weighted by Gasteiger charge is 2.25. The van der Waals surface area contributed by atoms with Crippen LogP contribution in [0.4, 0.5) is 4.39 Å². The van der Waals surface area contributed by atoms with Crippen LogP contribution < -0.4 is 16.0 Å². The van der Waals surface area contributed by atoms with Gasteiger partial charge in [-0.15, -0.1) is 0 Å². The first-order valence-corrected chi connectivity index (χ1v) is 7.06. The second-order valence-electron chi connectivity index (χ2n) is 5.28. The Morgan fingerprint density at radius 1 is 1.26 bits per heavy atom. The van der Waals surface area contributed by atoms with Gasteiger partial charge in [0.25, 0.3) is 0 Å². The highest BCUT2D eigenvalue weighted by atomic mass is 19.1. The molecule has 1 unspecified atom stereocenters. The van der Waals surface area contributed by atoms with Crippen molar-refractivity contribution in [1.29, 1.82) is 0 Å². The quantitative estimate of drug-likeness (QED) is 0.499. The molecule has 2 rings (SSSR count). The van der Waals surface area contributed by atoms with Gasteiger partial charge < -0.3 is 4.74 Å². The number of halogens is 1. The number of benzene rings is 1. The van der Waals surface area contributed by atoms with E-state index in [4.69, 9.17) is 10.6 Å². The zero-order valence-electron chi connectivity index (χ0n) is 11.5. The predicted octanol–water partition coefficient (Wildman–Crippen LogP) is 3.31. The largest absolute Gasteiger partial charge is 0.497 e. The molecule has 0 amide bonds. The average molecular weight is 266 g/mol. The zero-order valence-corrected chi connectivity index (χ0v) is 11.5. The second-order valence-corrected chi connectivity index (χ2v) is 5.28. The van der Waals surface area contributed by atoms with Crippen LogP contribution in [0, 0.1) is 11.7 Å². The molecule has 4 heteroatoms. The number of methoxy groups -OCH3 is 1. The Morgan fingerprint density at radius 2 is 1.95 bits per heavy atom. The van der Waals surface area contributed by atoms with Crippen molar-refractivity contribution >= 4 is 0 Å². The van der Waals surface area contributed by atoms with Gasteiger partial charge in [0.2, 0.25) is 0 Å². The minimum absolute atomic E-state index is 0.107. The molecule has 106 valence electrons. The Labute approximate surface area is 114 Å². The number of nitrogens with two attached hydrogens (primary N) is 1. The van der Waals surface area contributed by atoms with Crippen LogP contribution in [0.2, 0.25) is 0 Å². The maximum absolute atomic E-state index is 14.2. The van der Waals surface area contributed by atoms with E-state index in [1.54, 1.807) is 19.2 Å². The van der Waals surface area contributed by atoms with Crippen molar-refractivity contribution < 1.29 is 9.13 Å². The summed E-state index contributed by atoms with van der Waals surface area (Å²) in [6.07, 6.45) is 7.19. The summed E-state index contributed by atoms with van der Waals surface area (Å²) in [4.78, 5) is 0. The molecule has 0 saturated heterocycles. The molecule has 0 radical (unpaired) electrons. The SMILES string of the molecule is COc1ccc(C(NN)C2CCCCCC2)c(F)c1. The number of nitrogens with one attached hydrogen (secondary N) is 1. The van der Waals surface area contributed by atoms with Gasteiger partial charge in [0.05, 0.1) is 13.2 Å². The summed E-state index contributed by atoms with van der Waals surface area (Å²) < 4.78 is 19.2. The number of ether oxygens (including phenoxy) is 1. The van der Waals surface area contributed by atoms with Crippen molar-refractivity contribution in [3.63, 3.8) is 0 Å². The van der Waals surface area contributed by atoms with Crippen molar-refractivity contribution in [2.24, 2.45) is 11.8 Å². The number of hydrogen-bond donors (Lipinski definition) is 2. The van der Waals surface area contributed by atoms with Gasteiger partial charge in [0.1, 0.15) is 11.6 Å². The number of rotatable bonds is 4. The van der Waals surface area contributed by atoms with Gasteiger partial charge >= 0.3 is 0 Å². The molecule has 1 aromatic rings. The van der Waals surface area contributed by atoms with Crippen molar-refractivity contribution in [1.82, 2.24) is 5.43 Å². The van der Waals surface area contributed by atoms with E-state index >= 15 is 0 Å². The topological polar surface area (TPSA) is 47.3 Å². The monoisotopic (exact) mass is 266 g/mol. The molecule has 0 bridgehead atoms. The fourth-order valence-corrected chi connectivity index (χ4v) is 3.01. The molecule has 1 atom stereocenters. The van der Waals surface area contributed by atoms with E-state index in [2.05, 4.69) is 5.43 Å². The van der Waals surface area contributed by atoms with Crippen molar-refractivity contribution in [2.75, 3.05) is 7.11 Å². The lowest BCUT2D eigenvalue weighted by Gasteiger charge is -2.26. The van der Waals surface area contributed by atoms with Crippen LogP contribution in [0.15, 0.2) is 18.2 Å². The van der Waals surface area contributed by atoms with E-state index in [9.17, 15) is 4.39 Å². The van der Waals surface area contributed by atoms with Crippen LogP contribution in [-0.2, 0) is 0 Å². The molecule has 1 aliphatic carbocycles. The average Bonchev–Trinajstić information content (AvgIpc) is 2.70. The van der Waals surface area contributed by atoms with Crippen LogP contribution in [0.3, 0.4) is 0 Å². The Morgan fingerprint density at radius 3 is 2.47 bits per heavy atom. The maximum Gasteiger partial charge on any atom is 0.131 e. The first kappa shape index (κ1) is 14.3. The van der Waals surface area contributed by atoms with E-state index < -0.39 is 0 Å². The molecule has 0 spiro atoms. The minimum atomic E-state index is -0.244. The van der Waals surface area contributed by atoms with E-state index in [-0.39, 0.29) is 11.9 Å². The number of hydrazine groups is 1. The van der Waals surface area contributed by atoms with E-state index in [0.29, 0.717) is 17.2 Å². The fraction of sp³-hybridized carbons (Fsp3) is 0.600. The Bertz CT molecular complexity index is 403. The Hall–Kier alpha value is -1.13. The molecule has 3 nitrogen and oxygen atoms in total. The van der Waals surface area contributed by atoms with Gasteiger partial charge in [-0.2, -0.15) is 0 Å². The second kappa shape index (κ2) is 6.87. The molecule has 0 aromatic heterocycles. The van der Waals surface area contributed by atoms with Crippen LogP contribution in [0.25, 0.3) is 0 Å². The summed E-state index contributed by atoms with van der Waals surface area (Å²) in [6, 6.07) is 4.89. The molecular formula is C15H23FN2O. The minimum Gasteiger partial charge on any atom is -0.497 e. The van der Waals surface area contributed by atoms with Gasteiger partial charge in [-0.1, -0.05) is 31.7 Å². The predicted molar refractivity (Wildman–Crippen MR) is 74.2 cm³/mol. The van der Waals surface area contributed by atoms with Crippen LogP contribution in [0.1, 0.15) is 50.1 Å². The van der Waals surface area contributed by atoms with Gasteiger partial charge in [-0.25, -0.2) is 4.39 Å². The Balaban J connectivity index is 2.20. The van der Waals surface area contributed by atoms with E-state index in [0.717, 1.165) is 12.8 Å². The lowest BCUT2D eigenvalue weighted by atomic mass is 9.87. The Kier molecular flexibility index (Phi) is 5.16. The molecule has 1 saturated carbocycles. The molecule has 3 N–H and O–H groups in total. The van der Waals surface area contributed by atoms with E-state index in [1.807, 2.05) is 0 Å². The molecule has 0 heterocycles. The highest BCUT2D eigenvalue weighted by Crippen LogP contribution is 2.34. The number of hydrogen-bond acceptors (Lipinski definition) is 3. The van der Waals surface area contributed by atoms with Gasteiger partial charge in [0, 0.05) is 11.6 Å². The third-order valence-electron chi connectivity index (χ3n) is 4.09. The van der Waals surface area contributed by atoms with Crippen LogP contribution in [0.5, 0.6) is 5.75 Å². The smallest absolute Gasteiger partial charge is 0.131 e. The molecular weight excluding hydrogens is 243 g/mol. The van der Waals surface area contributed by atoms with Crippen molar-refractivity contribution in [2.45, 2.75) is 44.6 Å². The molecule has 1 fully saturated rings. The first-order chi connectivity index (χ1) is 9.26. The van der Waals surface area contributed by atoms with Crippen LogP contribution >= 0.6 is 0 Å². The lowest BCUT2D eigenvalue weighted by molar-refractivity contribution is 0.320. The molecule has 19 heavy (non-hydrogen) atoms. The highest BCUT2D eigenvalue weighted by molar-refractivity contribution is 5.31. The van der Waals surface area contributed by atoms with Crippen LogP contribution in [-0.4, -0.2) is 7.11 Å². The normalized spacial score (nSPS) is 18.9. The van der Waals surface area contributed by atoms with Crippen molar-refractivity contribution in [3.8, 4) is 5.75 Å². The summed E-state index contributed by atoms with van der Waals surface area (Å²) in [7, 11) is 1.54. The molecule has 1 aromatic carbocycles. The maximum atomic E-state index is 14.2. The summed E-state index contributed by atoms with van der Waals surface area (Å²) in [6.45, 7) is 0. The first-order valence-electron chi connectivity index (χ1n) is 7.06. The summed E-state index contributed by atoms with van der Waals surface area (Å²) in [5.41, 5.74) is 3.46. The summed E-state index contributed by atoms with van der Waals surface area (Å²) >= 11 is 0. The van der Waals surface area contributed by atoms with Crippen molar-refractivity contribution in [3.05, 3.63) is 29.6 Å². The molecule has 0 aliphatic heterocycles. The third kappa shape index (κ3) is 3.45. The van der Waals surface area contributed by atoms with Gasteiger partial charge in [-0.3, -0.25) is 11.3 Å². The van der Waals surface area contributed by atoms with Gasteiger partial charge in [0.15, 0.2) is 0 Å². The third-order valence-corrected chi connectivity index (χ3v) is 4.09. The summed E-state index contributed by atoms with van der Waals surface area (Å²) in [5.74, 6) is 6.39. The summed E-state index contributed by atoms with van der Waals surface area (Å²) in [5, 5.41) is 0. The zero-order chi connectivity index (χ0) is 13.7. The fourth-order valence-electron chi connectivity index (χ4n) is 3.01. The lowest BCUT2D eigenvalue weighted by Crippen LogP contribution is -2.34. The standard InChI is InChI=1S/C15H23FN2O/c1-19-12-8-9-13(14(16)10-12)15(18-17)11-6-4-2-3-5-7-11/h8-11,15,18H,2-7,17H2,1H3. The van der Waals surface area contributed by atoms with Gasteiger partial charge in [-0.05, 0) is 24.8 Å². The van der Waals surface area contributed by atoms with E-state index in [1.165, 1.54) is 31.7 Å².